The minimum absolute atomic E-state index is 0.415. The molecular weight excluding hydrogens is 342 g/mol. The Bertz CT molecular complexity index is 931. The zero-order chi connectivity index (χ0) is 18.8. The molecule has 0 unspecified atom stereocenters. The number of nitrogens with zero attached hydrogens (tertiary/aromatic N) is 6. The molecule has 3 aromatic rings. The van der Waals surface area contributed by atoms with Crippen molar-refractivity contribution in [2.45, 2.75) is 20.8 Å². The second kappa shape index (κ2) is 7.22. The standard InChI is InChI=1S/C19H23N7O/c1-13-5-4-6-16(15(13)3)25-7-9-26(10-8-25)18-12-20-23-19(22-18)21-17-11-14(2)27-24-17/h4-6,11-12H,7-10H2,1-3H3,(H,21,22,23,24). The van der Waals surface area contributed by atoms with Crippen LogP contribution in [0.15, 0.2) is 35.0 Å². The van der Waals surface area contributed by atoms with Gasteiger partial charge < -0.3 is 19.6 Å². The van der Waals surface area contributed by atoms with Crippen molar-refractivity contribution in [3.63, 3.8) is 0 Å². The summed E-state index contributed by atoms with van der Waals surface area (Å²) in [6.07, 6.45) is 1.70. The van der Waals surface area contributed by atoms with Crippen LogP contribution in [0.2, 0.25) is 0 Å². The summed E-state index contributed by atoms with van der Waals surface area (Å²) < 4.78 is 5.05. The van der Waals surface area contributed by atoms with Gasteiger partial charge in [0.2, 0.25) is 5.95 Å². The molecule has 1 saturated heterocycles. The first-order valence-corrected chi connectivity index (χ1v) is 9.06. The van der Waals surface area contributed by atoms with Crippen molar-refractivity contribution in [1.29, 1.82) is 0 Å². The number of nitrogens with one attached hydrogen (secondary N) is 1. The topological polar surface area (TPSA) is 83.2 Å². The Morgan fingerprint density at radius 3 is 2.56 bits per heavy atom. The van der Waals surface area contributed by atoms with E-state index in [1.165, 1.54) is 16.8 Å². The highest BCUT2D eigenvalue weighted by Crippen LogP contribution is 2.25. The van der Waals surface area contributed by atoms with Crippen LogP contribution in [0.25, 0.3) is 0 Å². The lowest BCUT2D eigenvalue weighted by molar-refractivity contribution is 0.400. The Labute approximate surface area is 158 Å². The number of aromatic nitrogens is 4. The summed E-state index contributed by atoms with van der Waals surface area (Å²) in [6.45, 7) is 9.84. The fraction of sp³-hybridized carbons (Fsp3) is 0.368. The first-order chi connectivity index (χ1) is 13.1. The molecular formula is C19H23N7O. The van der Waals surface area contributed by atoms with Gasteiger partial charge in [0, 0.05) is 37.9 Å². The normalized spacial score (nSPS) is 14.5. The Kier molecular flexibility index (Phi) is 4.62. The van der Waals surface area contributed by atoms with Gasteiger partial charge in [0.25, 0.3) is 0 Å². The SMILES string of the molecule is Cc1cc(Nc2nncc(N3CCN(c4cccc(C)c4C)CC3)n2)no1. The van der Waals surface area contributed by atoms with E-state index in [1.807, 2.05) is 6.92 Å². The van der Waals surface area contributed by atoms with Crippen molar-refractivity contribution in [1.82, 2.24) is 20.3 Å². The second-order valence-electron chi connectivity index (χ2n) is 6.78. The summed E-state index contributed by atoms with van der Waals surface area (Å²) in [5, 5.41) is 15.0. The largest absolute Gasteiger partial charge is 0.368 e. The third-order valence-corrected chi connectivity index (χ3v) is 4.93. The van der Waals surface area contributed by atoms with Gasteiger partial charge in [0.1, 0.15) is 5.76 Å². The molecule has 1 aromatic carbocycles. The third kappa shape index (κ3) is 3.69. The molecule has 0 saturated carbocycles. The van der Waals surface area contributed by atoms with Crippen molar-refractivity contribution in [3.8, 4) is 0 Å². The Balaban J connectivity index is 1.43. The summed E-state index contributed by atoms with van der Waals surface area (Å²) >= 11 is 0. The monoisotopic (exact) mass is 365 g/mol. The van der Waals surface area contributed by atoms with Gasteiger partial charge in [0.05, 0.1) is 6.20 Å². The lowest BCUT2D eigenvalue weighted by Crippen LogP contribution is -2.47. The molecule has 3 heterocycles. The molecule has 0 spiro atoms. The average molecular weight is 365 g/mol. The minimum atomic E-state index is 0.415. The van der Waals surface area contributed by atoms with Crippen LogP contribution in [-0.4, -0.2) is 46.5 Å². The Morgan fingerprint density at radius 2 is 1.81 bits per heavy atom. The molecule has 1 fully saturated rings. The van der Waals surface area contributed by atoms with Gasteiger partial charge in [-0.1, -0.05) is 17.3 Å². The molecule has 0 amide bonds. The fourth-order valence-corrected chi connectivity index (χ4v) is 3.29. The highest BCUT2D eigenvalue weighted by molar-refractivity contribution is 5.57. The lowest BCUT2D eigenvalue weighted by Gasteiger charge is -2.37. The number of hydrogen-bond donors (Lipinski definition) is 1. The van der Waals surface area contributed by atoms with E-state index in [1.54, 1.807) is 12.3 Å². The van der Waals surface area contributed by atoms with Gasteiger partial charge >= 0.3 is 0 Å². The molecule has 4 rings (SSSR count). The van der Waals surface area contributed by atoms with Crippen LogP contribution >= 0.6 is 0 Å². The predicted molar refractivity (Wildman–Crippen MR) is 105 cm³/mol. The molecule has 1 N–H and O–H groups in total. The van der Waals surface area contributed by atoms with Crippen LogP contribution < -0.4 is 15.1 Å². The quantitative estimate of drug-likeness (QED) is 0.756. The second-order valence-corrected chi connectivity index (χ2v) is 6.78. The van der Waals surface area contributed by atoms with E-state index in [-0.39, 0.29) is 0 Å². The van der Waals surface area contributed by atoms with Crippen molar-refractivity contribution in [2.24, 2.45) is 0 Å². The molecule has 140 valence electrons. The lowest BCUT2D eigenvalue weighted by atomic mass is 10.1. The molecule has 0 aliphatic carbocycles. The highest BCUT2D eigenvalue weighted by atomic mass is 16.5. The zero-order valence-electron chi connectivity index (χ0n) is 15.8. The van der Waals surface area contributed by atoms with Gasteiger partial charge in [-0.3, -0.25) is 0 Å². The predicted octanol–water partition coefficient (Wildman–Crippen LogP) is 2.86. The smallest absolute Gasteiger partial charge is 0.250 e. The maximum absolute atomic E-state index is 5.05. The highest BCUT2D eigenvalue weighted by Gasteiger charge is 2.20. The maximum Gasteiger partial charge on any atom is 0.250 e. The van der Waals surface area contributed by atoms with E-state index in [0.29, 0.717) is 11.8 Å². The summed E-state index contributed by atoms with van der Waals surface area (Å²) in [5.41, 5.74) is 4.00. The molecule has 8 heteroatoms. The number of anilines is 4. The number of aryl methyl sites for hydroxylation is 2. The van der Waals surface area contributed by atoms with Crippen LogP contribution in [0.5, 0.6) is 0 Å². The van der Waals surface area contributed by atoms with Gasteiger partial charge in [-0.05, 0) is 38.0 Å². The van der Waals surface area contributed by atoms with E-state index < -0.39 is 0 Å². The van der Waals surface area contributed by atoms with E-state index in [9.17, 15) is 0 Å². The number of rotatable bonds is 4. The van der Waals surface area contributed by atoms with Crippen LogP contribution in [0.4, 0.5) is 23.3 Å². The van der Waals surface area contributed by atoms with E-state index in [4.69, 9.17) is 4.52 Å². The summed E-state index contributed by atoms with van der Waals surface area (Å²) in [5.74, 6) is 2.53. The number of piperazine rings is 1. The van der Waals surface area contributed by atoms with E-state index in [2.05, 4.69) is 67.5 Å². The minimum Gasteiger partial charge on any atom is -0.368 e. The Morgan fingerprint density at radius 1 is 1.04 bits per heavy atom. The van der Waals surface area contributed by atoms with Crippen molar-refractivity contribution >= 4 is 23.3 Å². The molecule has 0 radical (unpaired) electrons. The van der Waals surface area contributed by atoms with Crippen molar-refractivity contribution in [3.05, 3.63) is 47.3 Å². The molecule has 8 nitrogen and oxygen atoms in total. The van der Waals surface area contributed by atoms with Crippen LogP contribution in [-0.2, 0) is 0 Å². The zero-order valence-corrected chi connectivity index (χ0v) is 15.8. The van der Waals surface area contributed by atoms with Crippen LogP contribution in [0.1, 0.15) is 16.9 Å². The van der Waals surface area contributed by atoms with Crippen LogP contribution in [0.3, 0.4) is 0 Å². The third-order valence-electron chi connectivity index (χ3n) is 4.93. The Hall–Kier alpha value is -3.16. The van der Waals surface area contributed by atoms with Crippen molar-refractivity contribution < 1.29 is 4.52 Å². The number of benzene rings is 1. The molecule has 0 bridgehead atoms. The fourth-order valence-electron chi connectivity index (χ4n) is 3.29. The summed E-state index contributed by atoms with van der Waals surface area (Å²) in [6, 6.07) is 8.28. The molecule has 1 aliphatic rings. The maximum atomic E-state index is 5.05. The summed E-state index contributed by atoms with van der Waals surface area (Å²) in [4.78, 5) is 9.24. The van der Waals surface area contributed by atoms with Gasteiger partial charge in [0.15, 0.2) is 11.6 Å². The average Bonchev–Trinajstić information content (AvgIpc) is 3.09. The van der Waals surface area contributed by atoms with Crippen molar-refractivity contribution in [2.75, 3.05) is 41.3 Å². The van der Waals surface area contributed by atoms with E-state index in [0.717, 1.165) is 37.8 Å². The number of hydrogen-bond acceptors (Lipinski definition) is 8. The summed E-state index contributed by atoms with van der Waals surface area (Å²) in [7, 11) is 0. The molecule has 0 atom stereocenters. The van der Waals surface area contributed by atoms with E-state index >= 15 is 0 Å². The first kappa shape index (κ1) is 17.3. The molecule has 2 aromatic heterocycles. The van der Waals surface area contributed by atoms with Gasteiger partial charge in [-0.2, -0.15) is 10.1 Å². The first-order valence-electron chi connectivity index (χ1n) is 9.06. The van der Waals surface area contributed by atoms with Gasteiger partial charge in [-0.25, -0.2) is 0 Å². The van der Waals surface area contributed by atoms with Gasteiger partial charge in [-0.15, -0.1) is 5.10 Å². The molecule has 1 aliphatic heterocycles. The van der Waals surface area contributed by atoms with Crippen LogP contribution in [0, 0.1) is 20.8 Å². The molecule has 27 heavy (non-hydrogen) atoms.